The van der Waals surface area contributed by atoms with Gasteiger partial charge < -0.3 is 4.74 Å². The predicted molar refractivity (Wildman–Crippen MR) is 108 cm³/mol. The van der Waals surface area contributed by atoms with Crippen LogP contribution in [0.15, 0.2) is 36.4 Å². The number of nitrogens with zero attached hydrogens (tertiary/aromatic N) is 1. The number of hydrogen-bond donors (Lipinski definition) is 0. The van der Waals surface area contributed by atoms with Crippen LogP contribution in [0.4, 0.5) is 5.69 Å². The molecule has 0 saturated heterocycles. The van der Waals surface area contributed by atoms with Crippen molar-refractivity contribution >= 4 is 29.3 Å². The Kier molecular flexibility index (Phi) is 5.13. The number of anilines is 1. The highest BCUT2D eigenvalue weighted by Crippen LogP contribution is 2.31. The zero-order valence-corrected chi connectivity index (χ0v) is 17.2. The molecule has 0 unspecified atom stereocenters. The fourth-order valence-electron chi connectivity index (χ4n) is 3.07. The van der Waals surface area contributed by atoms with Crippen molar-refractivity contribution in [2.75, 3.05) is 11.5 Å². The molecule has 2 amide bonds. The number of ether oxygens (including phenoxy) is 1. The first-order valence-corrected chi connectivity index (χ1v) is 9.31. The van der Waals surface area contributed by atoms with Gasteiger partial charge in [-0.1, -0.05) is 38.5 Å². The van der Waals surface area contributed by atoms with Crippen LogP contribution in [0.3, 0.4) is 0 Å². The molecular weight excluding hydrogens is 370 g/mol. The molecule has 2 aromatic rings. The molecular formula is C23H23NO5. The van der Waals surface area contributed by atoms with Gasteiger partial charge in [0, 0.05) is 5.41 Å². The molecule has 0 fully saturated rings. The Bertz CT molecular complexity index is 1050. The fourth-order valence-corrected chi connectivity index (χ4v) is 3.07. The van der Waals surface area contributed by atoms with Crippen molar-refractivity contribution in [1.82, 2.24) is 0 Å². The second-order valence-corrected chi connectivity index (χ2v) is 8.25. The molecule has 0 bridgehead atoms. The van der Waals surface area contributed by atoms with Gasteiger partial charge in [0.05, 0.1) is 22.4 Å². The van der Waals surface area contributed by atoms with Crippen LogP contribution in [0.5, 0.6) is 0 Å². The first-order valence-electron chi connectivity index (χ1n) is 9.31. The van der Waals surface area contributed by atoms with Crippen molar-refractivity contribution in [2.24, 2.45) is 5.41 Å². The van der Waals surface area contributed by atoms with E-state index in [0.717, 1.165) is 16.0 Å². The van der Waals surface area contributed by atoms with Gasteiger partial charge >= 0.3 is 5.97 Å². The maximum absolute atomic E-state index is 12.9. The van der Waals surface area contributed by atoms with Gasteiger partial charge in [0.25, 0.3) is 11.8 Å². The summed E-state index contributed by atoms with van der Waals surface area (Å²) in [7, 11) is 0. The van der Waals surface area contributed by atoms with Crippen molar-refractivity contribution in [3.05, 3.63) is 64.2 Å². The summed E-state index contributed by atoms with van der Waals surface area (Å²) in [5, 5.41) is 0. The number of esters is 1. The standard InChI is InChI=1S/C23H23NO5/c1-13-6-9-18(14(2)10-13)24-20(26)16-8-7-15(11-17(16)21(24)27)22(28)29-12-19(25)23(3,4)5/h6-11H,12H2,1-5H3. The van der Waals surface area contributed by atoms with E-state index in [1.807, 2.05) is 26.0 Å². The number of Topliss-reactive ketones (excluding diaryl/α,β-unsaturated/α-hetero) is 1. The second kappa shape index (κ2) is 7.28. The van der Waals surface area contributed by atoms with Gasteiger partial charge in [-0.15, -0.1) is 0 Å². The highest BCUT2D eigenvalue weighted by atomic mass is 16.5. The van der Waals surface area contributed by atoms with E-state index in [2.05, 4.69) is 0 Å². The number of carbonyl (C=O) groups is 4. The number of benzene rings is 2. The minimum atomic E-state index is -0.712. The molecule has 29 heavy (non-hydrogen) atoms. The summed E-state index contributed by atoms with van der Waals surface area (Å²) in [6, 6.07) is 9.69. The first-order chi connectivity index (χ1) is 13.5. The Morgan fingerprint density at radius 1 is 0.931 bits per heavy atom. The molecule has 0 N–H and O–H groups in total. The predicted octanol–water partition coefficient (Wildman–Crippen LogP) is 3.88. The summed E-state index contributed by atoms with van der Waals surface area (Å²) in [4.78, 5) is 51.1. The summed E-state index contributed by atoms with van der Waals surface area (Å²) in [5.74, 6) is -1.84. The Balaban J connectivity index is 1.86. The zero-order valence-electron chi connectivity index (χ0n) is 17.2. The van der Waals surface area contributed by atoms with Crippen LogP contribution in [0.25, 0.3) is 0 Å². The Morgan fingerprint density at radius 3 is 2.21 bits per heavy atom. The van der Waals surface area contributed by atoms with Crippen molar-refractivity contribution in [2.45, 2.75) is 34.6 Å². The van der Waals surface area contributed by atoms with E-state index in [4.69, 9.17) is 4.74 Å². The largest absolute Gasteiger partial charge is 0.454 e. The summed E-state index contributed by atoms with van der Waals surface area (Å²) < 4.78 is 5.08. The molecule has 0 aliphatic carbocycles. The quantitative estimate of drug-likeness (QED) is 0.582. The molecule has 0 spiro atoms. The number of amides is 2. The van der Waals surface area contributed by atoms with Gasteiger partial charge in [-0.2, -0.15) is 0 Å². The van der Waals surface area contributed by atoms with E-state index in [1.54, 1.807) is 26.8 Å². The van der Waals surface area contributed by atoms with Crippen LogP contribution < -0.4 is 4.90 Å². The molecule has 0 saturated carbocycles. The van der Waals surface area contributed by atoms with Gasteiger partial charge in [-0.3, -0.25) is 14.4 Å². The van der Waals surface area contributed by atoms with E-state index < -0.39 is 23.2 Å². The highest BCUT2D eigenvalue weighted by Gasteiger charge is 2.38. The molecule has 0 aromatic heterocycles. The third-order valence-corrected chi connectivity index (χ3v) is 4.89. The SMILES string of the molecule is Cc1ccc(N2C(=O)c3ccc(C(=O)OCC(=O)C(C)(C)C)cc3C2=O)c(C)c1. The van der Waals surface area contributed by atoms with Crippen LogP contribution in [0.1, 0.15) is 63.0 Å². The number of carbonyl (C=O) groups excluding carboxylic acids is 4. The summed E-state index contributed by atoms with van der Waals surface area (Å²) in [6.07, 6.45) is 0. The van der Waals surface area contributed by atoms with E-state index in [9.17, 15) is 19.2 Å². The number of hydrogen-bond acceptors (Lipinski definition) is 5. The Morgan fingerprint density at radius 2 is 1.59 bits per heavy atom. The number of aryl methyl sites for hydroxylation is 2. The Labute approximate surface area is 169 Å². The average Bonchev–Trinajstić information content (AvgIpc) is 2.89. The number of ketones is 1. The lowest BCUT2D eigenvalue weighted by Crippen LogP contribution is -2.30. The maximum Gasteiger partial charge on any atom is 0.338 e. The van der Waals surface area contributed by atoms with Crippen LogP contribution >= 0.6 is 0 Å². The van der Waals surface area contributed by atoms with Crippen molar-refractivity contribution in [3.8, 4) is 0 Å². The van der Waals surface area contributed by atoms with Gasteiger partial charge in [-0.25, -0.2) is 9.69 Å². The van der Waals surface area contributed by atoms with E-state index >= 15 is 0 Å². The zero-order chi connectivity index (χ0) is 21.5. The minimum Gasteiger partial charge on any atom is -0.454 e. The van der Waals surface area contributed by atoms with E-state index in [1.165, 1.54) is 18.2 Å². The van der Waals surface area contributed by atoms with E-state index in [0.29, 0.717) is 5.69 Å². The number of rotatable bonds is 4. The lowest BCUT2D eigenvalue weighted by molar-refractivity contribution is -0.129. The fraction of sp³-hybridized carbons (Fsp3) is 0.304. The van der Waals surface area contributed by atoms with Gasteiger partial charge in [0.1, 0.15) is 0 Å². The summed E-state index contributed by atoms with van der Waals surface area (Å²) >= 11 is 0. The lowest BCUT2D eigenvalue weighted by atomic mass is 9.91. The normalized spacial score (nSPS) is 13.5. The molecule has 0 radical (unpaired) electrons. The molecule has 6 nitrogen and oxygen atoms in total. The van der Waals surface area contributed by atoms with Crippen molar-refractivity contribution in [1.29, 1.82) is 0 Å². The first kappa shape index (κ1) is 20.5. The molecule has 1 aliphatic heterocycles. The number of fused-ring (bicyclic) bond motifs is 1. The third-order valence-electron chi connectivity index (χ3n) is 4.89. The monoisotopic (exact) mass is 393 g/mol. The van der Waals surface area contributed by atoms with Crippen molar-refractivity contribution < 1.29 is 23.9 Å². The number of imide groups is 1. The molecule has 6 heteroatoms. The van der Waals surface area contributed by atoms with E-state index in [-0.39, 0.29) is 29.1 Å². The Hall–Kier alpha value is -3.28. The smallest absolute Gasteiger partial charge is 0.338 e. The van der Waals surface area contributed by atoms with Crippen LogP contribution in [0, 0.1) is 19.3 Å². The summed E-state index contributed by atoms with van der Waals surface area (Å²) in [5.41, 5.74) is 2.23. The van der Waals surface area contributed by atoms with Crippen LogP contribution in [-0.2, 0) is 9.53 Å². The minimum absolute atomic E-state index is 0.120. The van der Waals surface area contributed by atoms with Crippen molar-refractivity contribution in [3.63, 3.8) is 0 Å². The maximum atomic E-state index is 12.9. The molecule has 0 atom stereocenters. The van der Waals surface area contributed by atoms with Crippen LogP contribution in [0.2, 0.25) is 0 Å². The molecule has 1 aliphatic rings. The molecule has 1 heterocycles. The van der Waals surface area contributed by atoms with Gasteiger partial charge in [0.2, 0.25) is 0 Å². The van der Waals surface area contributed by atoms with Gasteiger partial charge in [0.15, 0.2) is 12.4 Å². The molecule has 3 rings (SSSR count). The highest BCUT2D eigenvalue weighted by molar-refractivity contribution is 6.35. The molecule has 2 aromatic carbocycles. The average molecular weight is 393 g/mol. The topological polar surface area (TPSA) is 80.8 Å². The van der Waals surface area contributed by atoms with Crippen LogP contribution in [-0.4, -0.2) is 30.2 Å². The third kappa shape index (κ3) is 3.83. The molecule has 150 valence electrons. The summed E-state index contributed by atoms with van der Waals surface area (Å²) in [6.45, 7) is 8.64. The van der Waals surface area contributed by atoms with Gasteiger partial charge in [-0.05, 0) is 43.7 Å². The lowest BCUT2D eigenvalue weighted by Gasteiger charge is -2.17. The second-order valence-electron chi connectivity index (χ2n) is 8.25.